The number of hydrogen-bond donors (Lipinski definition) is 1. The highest BCUT2D eigenvalue weighted by Crippen LogP contribution is 2.36. The van der Waals surface area contributed by atoms with Crippen molar-refractivity contribution in [2.45, 2.75) is 18.6 Å². The van der Waals surface area contributed by atoms with Crippen molar-refractivity contribution in [1.29, 1.82) is 0 Å². The van der Waals surface area contributed by atoms with Gasteiger partial charge in [-0.3, -0.25) is 0 Å². The highest BCUT2D eigenvalue weighted by Gasteiger charge is 2.34. The minimum absolute atomic E-state index is 0.257. The Morgan fingerprint density at radius 2 is 1.90 bits per heavy atom. The van der Waals surface area contributed by atoms with Crippen molar-refractivity contribution >= 4 is 22.9 Å². The van der Waals surface area contributed by atoms with Gasteiger partial charge in [-0.15, -0.1) is 11.3 Å². The summed E-state index contributed by atoms with van der Waals surface area (Å²) in [5.74, 6) is 0. The molecule has 2 aromatic rings. The number of alkyl halides is 3. The van der Waals surface area contributed by atoms with Gasteiger partial charge >= 0.3 is 6.18 Å². The zero-order valence-corrected chi connectivity index (χ0v) is 12.2. The van der Waals surface area contributed by atoms with Gasteiger partial charge in [-0.1, -0.05) is 29.8 Å². The monoisotopic (exact) mass is 319 g/mol. The summed E-state index contributed by atoms with van der Waals surface area (Å²) < 4.78 is 39.8. The van der Waals surface area contributed by atoms with E-state index in [0.717, 1.165) is 10.9 Å². The third-order valence-corrected chi connectivity index (χ3v) is 4.28. The van der Waals surface area contributed by atoms with E-state index >= 15 is 0 Å². The maximum Gasteiger partial charge on any atom is 0.416 e. The first-order chi connectivity index (χ1) is 9.41. The predicted molar refractivity (Wildman–Crippen MR) is 76.3 cm³/mol. The maximum atomic E-state index is 13.0. The van der Waals surface area contributed by atoms with Crippen molar-refractivity contribution in [1.82, 2.24) is 5.32 Å². The lowest BCUT2D eigenvalue weighted by atomic mass is 9.97. The van der Waals surface area contributed by atoms with E-state index in [4.69, 9.17) is 11.6 Å². The fourth-order valence-corrected chi connectivity index (χ4v) is 3.22. The Hall–Kier alpha value is -1.04. The van der Waals surface area contributed by atoms with Crippen molar-refractivity contribution in [3.05, 3.63) is 56.7 Å². The second kappa shape index (κ2) is 6.16. The van der Waals surface area contributed by atoms with E-state index in [0.29, 0.717) is 10.8 Å². The number of benzene rings is 1. The van der Waals surface area contributed by atoms with Crippen LogP contribution in [0, 0.1) is 0 Å². The summed E-state index contributed by atoms with van der Waals surface area (Å²) in [6.45, 7) is 0. The van der Waals surface area contributed by atoms with Crippen molar-refractivity contribution in [3.8, 4) is 0 Å². The van der Waals surface area contributed by atoms with Gasteiger partial charge in [0.2, 0.25) is 0 Å². The molecule has 1 aromatic carbocycles. The molecular formula is C14H13ClF3NS. The van der Waals surface area contributed by atoms with Crippen LogP contribution in [0.4, 0.5) is 13.2 Å². The molecule has 2 rings (SSSR count). The van der Waals surface area contributed by atoms with Gasteiger partial charge < -0.3 is 5.32 Å². The smallest absolute Gasteiger partial charge is 0.313 e. The zero-order valence-electron chi connectivity index (χ0n) is 10.7. The van der Waals surface area contributed by atoms with E-state index in [1.54, 1.807) is 19.2 Å². The lowest BCUT2D eigenvalue weighted by Crippen LogP contribution is -2.22. The van der Waals surface area contributed by atoms with Crippen LogP contribution in [0.3, 0.4) is 0 Å². The Kier molecular flexibility index (Phi) is 4.73. The fraction of sp³-hybridized carbons (Fsp3) is 0.286. The molecule has 0 spiro atoms. The molecule has 0 amide bonds. The second-order valence-electron chi connectivity index (χ2n) is 4.34. The molecule has 1 nitrogen and oxygen atoms in total. The number of likely N-dealkylation sites (N-methyl/N-ethyl adjacent to an activating group) is 1. The normalized spacial score (nSPS) is 13.4. The summed E-state index contributed by atoms with van der Waals surface area (Å²) in [6.07, 6.45) is -3.88. The highest BCUT2D eigenvalue weighted by molar-refractivity contribution is 7.16. The summed E-state index contributed by atoms with van der Waals surface area (Å²) in [5.41, 5.74) is -0.339. The molecule has 0 aliphatic carbocycles. The van der Waals surface area contributed by atoms with E-state index in [1.807, 2.05) is 6.07 Å². The summed E-state index contributed by atoms with van der Waals surface area (Å²) >= 11 is 7.24. The molecular weight excluding hydrogens is 307 g/mol. The third kappa shape index (κ3) is 3.53. The van der Waals surface area contributed by atoms with Crippen molar-refractivity contribution in [3.63, 3.8) is 0 Å². The van der Waals surface area contributed by atoms with E-state index in [-0.39, 0.29) is 5.56 Å². The first-order valence-corrected chi connectivity index (χ1v) is 7.19. The number of nitrogens with one attached hydrogen (secondary N) is 1. The Morgan fingerprint density at radius 1 is 1.20 bits per heavy atom. The topological polar surface area (TPSA) is 12.0 Å². The van der Waals surface area contributed by atoms with Crippen LogP contribution in [-0.2, 0) is 12.6 Å². The number of halogens is 4. The molecule has 1 N–H and O–H groups in total. The lowest BCUT2D eigenvalue weighted by molar-refractivity contribution is -0.138. The van der Waals surface area contributed by atoms with Crippen LogP contribution < -0.4 is 5.32 Å². The summed E-state index contributed by atoms with van der Waals surface area (Å²) in [7, 11) is 1.66. The Balaban J connectivity index is 2.32. The Bertz CT molecular complexity index is 580. The van der Waals surface area contributed by atoms with Crippen molar-refractivity contribution < 1.29 is 13.2 Å². The molecule has 1 heterocycles. The Labute approximate surface area is 124 Å². The summed E-state index contributed by atoms with van der Waals surface area (Å²) in [6, 6.07) is 8.84. The highest BCUT2D eigenvalue weighted by atomic mass is 35.5. The molecule has 0 aliphatic heterocycles. The molecule has 6 heteroatoms. The van der Waals surface area contributed by atoms with Crippen molar-refractivity contribution in [2.24, 2.45) is 0 Å². The van der Waals surface area contributed by atoms with Gasteiger partial charge in [-0.2, -0.15) is 13.2 Å². The number of rotatable bonds is 4. The molecule has 1 atom stereocenters. The van der Waals surface area contributed by atoms with E-state index in [9.17, 15) is 13.2 Å². The standard InChI is InChI=1S/C14H13ClF3NS/c1-19-12(8-9-6-7-13(15)20-9)10-4-2-3-5-11(10)14(16,17)18/h2-7,12,19H,8H2,1H3. The van der Waals surface area contributed by atoms with Crippen LogP contribution in [0.5, 0.6) is 0 Å². The molecule has 0 bridgehead atoms. The van der Waals surface area contributed by atoms with Crippen LogP contribution in [0.15, 0.2) is 36.4 Å². The molecule has 0 aliphatic rings. The average molecular weight is 320 g/mol. The number of thiophene rings is 1. The van der Waals surface area contributed by atoms with Gasteiger partial charge in [-0.25, -0.2) is 0 Å². The van der Waals surface area contributed by atoms with Gasteiger partial charge in [0.1, 0.15) is 0 Å². The summed E-state index contributed by atoms with van der Waals surface area (Å²) in [4.78, 5) is 0.950. The minimum Gasteiger partial charge on any atom is -0.313 e. The molecule has 108 valence electrons. The van der Waals surface area contributed by atoms with Crippen LogP contribution in [-0.4, -0.2) is 7.05 Å². The zero-order chi connectivity index (χ0) is 14.8. The van der Waals surface area contributed by atoms with Gasteiger partial charge in [-0.05, 0) is 30.8 Å². The molecule has 0 radical (unpaired) electrons. The summed E-state index contributed by atoms with van der Waals surface area (Å²) in [5, 5.41) is 2.95. The molecule has 0 saturated carbocycles. The van der Waals surface area contributed by atoms with E-state index in [2.05, 4.69) is 5.32 Å². The minimum atomic E-state index is -4.35. The van der Waals surface area contributed by atoms with Gasteiger partial charge in [0.25, 0.3) is 0 Å². The fourth-order valence-electron chi connectivity index (χ4n) is 2.09. The second-order valence-corrected chi connectivity index (χ2v) is 6.14. The quantitative estimate of drug-likeness (QED) is 0.843. The SMILES string of the molecule is CNC(Cc1ccc(Cl)s1)c1ccccc1C(F)(F)F. The molecule has 1 aromatic heterocycles. The first kappa shape index (κ1) is 15.4. The van der Waals surface area contributed by atoms with E-state index in [1.165, 1.54) is 23.5 Å². The molecule has 0 fully saturated rings. The molecule has 0 saturated heterocycles. The maximum absolute atomic E-state index is 13.0. The molecule has 20 heavy (non-hydrogen) atoms. The lowest BCUT2D eigenvalue weighted by Gasteiger charge is -2.20. The average Bonchev–Trinajstić information content (AvgIpc) is 2.80. The van der Waals surface area contributed by atoms with Crippen LogP contribution >= 0.6 is 22.9 Å². The number of hydrogen-bond acceptors (Lipinski definition) is 2. The van der Waals surface area contributed by atoms with Crippen LogP contribution in [0.1, 0.15) is 22.0 Å². The molecule has 1 unspecified atom stereocenters. The van der Waals surface area contributed by atoms with Crippen molar-refractivity contribution in [2.75, 3.05) is 7.05 Å². The predicted octanol–water partition coefficient (Wildman–Crippen LogP) is 4.92. The van der Waals surface area contributed by atoms with Gasteiger partial charge in [0, 0.05) is 17.3 Å². The van der Waals surface area contributed by atoms with Crippen LogP contribution in [0.25, 0.3) is 0 Å². The largest absolute Gasteiger partial charge is 0.416 e. The van der Waals surface area contributed by atoms with Crippen LogP contribution in [0.2, 0.25) is 4.34 Å². The van der Waals surface area contributed by atoms with Gasteiger partial charge in [0.05, 0.1) is 9.90 Å². The third-order valence-electron chi connectivity index (χ3n) is 3.02. The first-order valence-electron chi connectivity index (χ1n) is 5.99. The van der Waals surface area contributed by atoms with E-state index < -0.39 is 17.8 Å². The Morgan fingerprint density at radius 3 is 2.45 bits per heavy atom. The van der Waals surface area contributed by atoms with Gasteiger partial charge in [0.15, 0.2) is 0 Å².